The molecule has 0 saturated heterocycles. The smallest absolute Gasteiger partial charge is 0.310 e. The third kappa shape index (κ3) is 5.18. The molecule has 1 amide bonds. The molecular weight excluding hydrogens is 314 g/mol. The van der Waals surface area contributed by atoms with E-state index >= 15 is 0 Å². The number of hydrogen-bond acceptors (Lipinski definition) is 3. The largest absolute Gasteiger partial charge is 0.469 e. The molecule has 1 atom stereocenters. The molecule has 2 aromatic rings. The number of nitrogens with zero attached hydrogens (tertiary/aromatic N) is 1. The van der Waals surface area contributed by atoms with Crippen molar-refractivity contribution in [1.29, 1.82) is 0 Å². The van der Waals surface area contributed by atoms with Crippen LogP contribution < -0.4 is 0 Å². The fourth-order valence-corrected chi connectivity index (χ4v) is 2.62. The summed E-state index contributed by atoms with van der Waals surface area (Å²) in [5.74, 6) is -0.785. The molecule has 0 N–H and O–H groups in total. The van der Waals surface area contributed by atoms with Gasteiger partial charge in [-0.1, -0.05) is 54.4 Å². The molecule has 0 heterocycles. The van der Waals surface area contributed by atoms with Crippen molar-refractivity contribution in [2.24, 2.45) is 5.92 Å². The highest BCUT2D eigenvalue weighted by molar-refractivity contribution is 5.94. The topological polar surface area (TPSA) is 46.6 Å². The lowest BCUT2D eigenvalue weighted by atomic mass is 10.1. The Morgan fingerprint density at radius 2 is 1.48 bits per heavy atom. The first-order chi connectivity index (χ1) is 11.9. The van der Waals surface area contributed by atoms with Gasteiger partial charge >= 0.3 is 5.97 Å². The van der Waals surface area contributed by atoms with Gasteiger partial charge in [0.2, 0.25) is 0 Å². The molecule has 25 heavy (non-hydrogen) atoms. The normalized spacial score (nSPS) is 11.7. The highest BCUT2D eigenvalue weighted by Gasteiger charge is 2.22. The predicted molar refractivity (Wildman–Crippen MR) is 98.3 cm³/mol. The highest BCUT2D eigenvalue weighted by atomic mass is 16.5. The van der Waals surface area contributed by atoms with Gasteiger partial charge in [-0.25, -0.2) is 0 Å². The lowest BCUT2D eigenvalue weighted by Crippen LogP contribution is -2.36. The predicted octanol–water partition coefficient (Wildman–Crippen LogP) is 3.75. The second-order valence-electron chi connectivity index (χ2n) is 6.46. The molecule has 4 heteroatoms. The van der Waals surface area contributed by atoms with E-state index in [0.717, 1.165) is 11.1 Å². The second-order valence-corrected chi connectivity index (χ2v) is 6.46. The molecule has 2 rings (SSSR count). The number of rotatable bonds is 6. The van der Waals surface area contributed by atoms with Gasteiger partial charge in [-0.2, -0.15) is 0 Å². The van der Waals surface area contributed by atoms with Crippen LogP contribution in [0.2, 0.25) is 0 Å². The van der Waals surface area contributed by atoms with Gasteiger partial charge in [0.25, 0.3) is 5.91 Å². The quantitative estimate of drug-likeness (QED) is 0.753. The van der Waals surface area contributed by atoms with Gasteiger partial charge in [-0.15, -0.1) is 0 Å². The molecule has 0 aliphatic rings. The molecule has 0 saturated carbocycles. The fraction of sp³-hybridized carbons (Fsp3) is 0.333. The summed E-state index contributed by atoms with van der Waals surface area (Å²) in [5, 5.41) is 0. The average molecular weight is 339 g/mol. The number of esters is 1. The van der Waals surface area contributed by atoms with Crippen LogP contribution in [0, 0.1) is 19.8 Å². The lowest BCUT2D eigenvalue weighted by molar-refractivity contribution is -0.145. The van der Waals surface area contributed by atoms with Gasteiger partial charge in [-0.3, -0.25) is 9.59 Å². The molecule has 4 nitrogen and oxygen atoms in total. The molecule has 0 aromatic heterocycles. The number of methoxy groups -OCH3 is 1. The number of carbonyl (C=O) groups excluding carboxylic acids is 2. The van der Waals surface area contributed by atoms with Gasteiger partial charge in [-0.05, 0) is 31.5 Å². The average Bonchev–Trinajstić information content (AvgIpc) is 2.62. The van der Waals surface area contributed by atoms with Gasteiger partial charge in [0, 0.05) is 18.7 Å². The molecule has 0 bridgehead atoms. The first-order valence-electron chi connectivity index (χ1n) is 8.40. The van der Waals surface area contributed by atoms with Crippen molar-refractivity contribution >= 4 is 11.9 Å². The molecule has 0 spiro atoms. The van der Waals surface area contributed by atoms with Crippen molar-refractivity contribution in [1.82, 2.24) is 4.90 Å². The first-order valence-corrected chi connectivity index (χ1v) is 8.40. The summed E-state index contributed by atoms with van der Waals surface area (Å²) in [6.07, 6.45) is 0. The molecule has 1 unspecified atom stereocenters. The minimum absolute atomic E-state index is 0.0867. The summed E-state index contributed by atoms with van der Waals surface area (Å²) in [7, 11) is 1.37. The summed E-state index contributed by atoms with van der Waals surface area (Å²) in [6, 6.07) is 15.5. The van der Waals surface area contributed by atoms with E-state index in [4.69, 9.17) is 4.74 Å². The van der Waals surface area contributed by atoms with Crippen molar-refractivity contribution < 1.29 is 14.3 Å². The van der Waals surface area contributed by atoms with Crippen LogP contribution in [0.15, 0.2) is 48.5 Å². The number of ether oxygens (including phenoxy) is 1. The van der Waals surface area contributed by atoms with E-state index in [9.17, 15) is 9.59 Å². The number of amides is 1. The molecular formula is C21H25NO3. The Kier molecular flexibility index (Phi) is 6.34. The van der Waals surface area contributed by atoms with E-state index in [-0.39, 0.29) is 17.8 Å². The maximum Gasteiger partial charge on any atom is 0.310 e. The minimum Gasteiger partial charge on any atom is -0.469 e. The third-order valence-corrected chi connectivity index (χ3v) is 4.18. The SMILES string of the molecule is COC(=O)C(C)CN(Cc1ccc(C)cc1)C(=O)c1ccc(C)cc1. The van der Waals surface area contributed by atoms with Crippen LogP contribution in [-0.4, -0.2) is 30.4 Å². The second kappa shape index (κ2) is 8.47. The van der Waals surface area contributed by atoms with E-state index in [1.54, 1.807) is 11.8 Å². The third-order valence-electron chi connectivity index (χ3n) is 4.18. The van der Waals surface area contributed by atoms with E-state index < -0.39 is 0 Å². The van der Waals surface area contributed by atoms with Crippen LogP contribution in [0.1, 0.15) is 34.0 Å². The molecule has 0 aliphatic carbocycles. The van der Waals surface area contributed by atoms with Crippen LogP contribution in [0.4, 0.5) is 0 Å². The standard InChI is InChI=1S/C21H25NO3/c1-15-5-9-18(10-6-15)14-22(13-17(3)21(24)25-4)20(23)19-11-7-16(2)8-12-19/h5-12,17H,13-14H2,1-4H3. The van der Waals surface area contributed by atoms with Crippen LogP contribution in [0.5, 0.6) is 0 Å². The highest BCUT2D eigenvalue weighted by Crippen LogP contribution is 2.15. The van der Waals surface area contributed by atoms with E-state index in [1.165, 1.54) is 12.7 Å². The van der Waals surface area contributed by atoms with Crippen LogP contribution in [-0.2, 0) is 16.1 Å². The maximum absolute atomic E-state index is 12.9. The van der Waals surface area contributed by atoms with Crippen molar-refractivity contribution in [3.63, 3.8) is 0 Å². The van der Waals surface area contributed by atoms with Crippen molar-refractivity contribution in [3.05, 3.63) is 70.8 Å². The summed E-state index contributed by atoms with van der Waals surface area (Å²) >= 11 is 0. The van der Waals surface area contributed by atoms with Crippen LogP contribution >= 0.6 is 0 Å². The maximum atomic E-state index is 12.9. The van der Waals surface area contributed by atoms with E-state index in [2.05, 4.69) is 0 Å². The zero-order valence-electron chi connectivity index (χ0n) is 15.3. The van der Waals surface area contributed by atoms with Crippen molar-refractivity contribution in [3.8, 4) is 0 Å². The monoisotopic (exact) mass is 339 g/mol. The summed E-state index contributed by atoms with van der Waals surface area (Å²) in [6.45, 7) is 6.55. The molecule has 0 fully saturated rings. The number of aryl methyl sites for hydroxylation is 2. The Hall–Kier alpha value is -2.62. The van der Waals surface area contributed by atoms with Gasteiger partial charge in [0.05, 0.1) is 13.0 Å². The summed E-state index contributed by atoms with van der Waals surface area (Å²) < 4.78 is 4.80. The Labute approximate surface area is 149 Å². The van der Waals surface area contributed by atoms with E-state index in [0.29, 0.717) is 18.7 Å². The fourth-order valence-electron chi connectivity index (χ4n) is 2.62. The number of carbonyl (C=O) groups is 2. The zero-order chi connectivity index (χ0) is 18.4. The Balaban J connectivity index is 2.23. The molecule has 2 aromatic carbocycles. The summed E-state index contributed by atoms with van der Waals surface area (Å²) in [5.41, 5.74) is 3.92. The number of benzene rings is 2. The minimum atomic E-state index is -0.384. The van der Waals surface area contributed by atoms with Crippen LogP contribution in [0.25, 0.3) is 0 Å². The Bertz CT molecular complexity index is 720. The molecule has 132 valence electrons. The van der Waals surface area contributed by atoms with Gasteiger partial charge in [0.15, 0.2) is 0 Å². The van der Waals surface area contributed by atoms with Gasteiger partial charge < -0.3 is 9.64 Å². The van der Waals surface area contributed by atoms with Crippen molar-refractivity contribution in [2.45, 2.75) is 27.3 Å². The zero-order valence-corrected chi connectivity index (χ0v) is 15.3. The lowest BCUT2D eigenvalue weighted by Gasteiger charge is -2.25. The molecule has 0 radical (unpaired) electrons. The van der Waals surface area contributed by atoms with Crippen LogP contribution in [0.3, 0.4) is 0 Å². The Morgan fingerprint density at radius 3 is 2.00 bits per heavy atom. The molecule has 0 aliphatic heterocycles. The number of hydrogen-bond donors (Lipinski definition) is 0. The van der Waals surface area contributed by atoms with Crippen molar-refractivity contribution in [2.75, 3.05) is 13.7 Å². The summed E-state index contributed by atoms with van der Waals surface area (Å²) in [4.78, 5) is 26.4. The van der Waals surface area contributed by atoms with E-state index in [1.807, 2.05) is 62.4 Å². The van der Waals surface area contributed by atoms with Gasteiger partial charge in [0.1, 0.15) is 0 Å². The first kappa shape index (κ1) is 18.7. The Morgan fingerprint density at radius 1 is 0.960 bits per heavy atom.